The standard InChI is InChI=1S/C28H32Cl2N4O2/c29-22-7-5-19(17-23(22)30)6-8-27(36)34-15-11-20(12-16-34)26(35)18-33-13-9-21(10-14-33)28-31-24-3-1-2-4-25(24)32-28/h1-8,17,20-21,26,35H,9-16,18H2,(H,31,32)/b8-6+. The van der Waals surface area contributed by atoms with Crippen LogP contribution in [0.5, 0.6) is 0 Å². The van der Waals surface area contributed by atoms with E-state index in [-0.39, 0.29) is 17.9 Å². The minimum absolute atomic E-state index is 0.0123. The van der Waals surface area contributed by atoms with Gasteiger partial charge in [-0.2, -0.15) is 0 Å². The number of hydrogen-bond donors (Lipinski definition) is 2. The lowest BCUT2D eigenvalue weighted by atomic mass is 9.89. The van der Waals surface area contributed by atoms with E-state index in [4.69, 9.17) is 28.2 Å². The second kappa shape index (κ2) is 11.3. The number of imidazole rings is 1. The molecule has 6 nitrogen and oxygen atoms in total. The lowest BCUT2D eigenvalue weighted by Gasteiger charge is -2.37. The highest BCUT2D eigenvalue weighted by atomic mass is 35.5. The fourth-order valence-corrected chi connectivity index (χ4v) is 5.67. The average molecular weight is 527 g/mol. The summed E-state index contributed by atoms with van der Waals surface area (Å²) in [6, 6.07) is 13.5. The number of likely N-dealkylation sites (tertiary alicyclic amines) is 2. The molecule has 0 spiro atoms. The number of piperidine rings is 2. The molecule has 2 saturated heterocycles. The number of fused-ring (bicyclic) bond motifs is 1. The number of para-hydroxylation sites is 2. The number of halogens is 2. The number of carbonyl (C=O) groups is 1. The van der Waals surface area contributed by atoms with Crippen molar-refractivity contribution in [1.82, 2.24) is 19.8 Å². The van der Waals surface area contributed by atoms with Crippen LogP contribution in [0.2, 0.25) is 10.0 Å². The third-order valence-electron chi connectivity index (χ3n) is 7.58. The Morgan fingerprint density at radius 1 is 1.06 bits per heavy atom. The van der Waals surface area contributed by atoms with Gasteiger partial charge in [-0.15, -0.1) is 0 Å². The van der Waals surface area contributed by atoms with Crippen LogP contribution in [0.4, 0.5) is 0 Å². The van der Waals surface area contributed by atoms with Gasteiger partial charge in [0.1, 0.15) is 5.82 Å². The summed E-state index contributed by atoms with van der Waals surface area (Å²) in [5.74, 6) is 1.74. The highest BCUT2D eigenvalue weighted by molar-refractivity contribution is 6.42. The predicted octanol–water partition coefficient (Wildman–Crippen LogP) is 5.36. The molecule has 0 bridgehead atoms. The van der Waals surface area contributed by atoms with Crippen LogP contribution in [0.25, 0.3) is 17.1 Å². The Hall–Kier alpha value is -2.38. The zero-order chi connectivity index (χ0) is 25.1. The molecule has 8 heteroatoms. The van der Waals surface area contributed by atoms with Gasteiger partial charge in [0.2, 0.25) is 5.91 Å². The van der Waals surface area contributed by atoms with Crippen LogP contribution in [0.15, 0.2) is 48.5 Å². The number of nitrogens with zero attached hydrogens (tertiary/aromatic N) is 3. The lowest BCUT2D eigenvalue weighted by Crippen LogP contribution is -2.45. The van der Waals surface area contributed by atoms with Crippen molar-refractivity contribution in [1.29, 1.82) is 0 Å². The van der Waals surface area contributed by atoms with Crippen molar-refractivity contribution in [3.05, 3.63) is 70.0 Å². The normalized spacial score (nSPS) is 19.4. The Morgan fingerprint density at radius 3 is 2.53 bits per heavy atom. The van der Waals surface area contributed by atoms with Crippen molar-refractivity contribution < 1.29 is 9.90 Å². The highest BCUT2D eigenvalue weighted by Gasteiger charge is 2.30. The van der Waals surface area contributed by atoms with Crippen LogP contribution < -0.4 is 0 Å². The van der Waals surface area contributed by atoms with Crippen LogP contribution in [-0.2, 0) is 4.79 Å². The smallest absolute Gasteiger partial charge is 0.246 e. The van der Waals surface area contributed by atoms with Gasteiger partial charge in [-0.25, -0.2) is 4.98 Å². The number of carbonyl (C=O) groups excluding carboxylic acids is 1. The maximum Gasteiger partial charge on any atom is 0.246 e. The zero-order valence-electron chi connectivity index (χ0n) is 20.2. The van der Waals surface area contributed by atoms with E-state index in [1.807, 2.05) is 29.2 Å². The largest absolute Gasteiger partial charge is 0.392 e. The van der Waals surface area contributed by atoms with Crippen LogP contribution in [0, 0.1) is 5.92 Å². The van der Waals surface area contributed by atoms with Gasteiger partial charge in [0, 0.05) is 31.6 Å². The van der Waals surface area contributed by atoms with E-state index in [0.717, 1.165) is 61.2 Å². The Labute approximate surface area is 221 Å². The topological polar surface area (TPSA) is 72.5 Å². The Morgan fingerprint density at radius 2 is 1.81 bits per heavy atom. The molecule has 1 aromatic heterocycles. The molecule has 3 heterocycles. The van der Waals surface area contributed by atoms with E-state index in [2.05, 4.69) is 16.0 Å². The molecular formula is C28H32Cl2N4O2. The zero-order valence-corrected chi connectivity index (χ0v) is 21.8. The van der Waals surface area contributed by atoms with Gasteiger partial charge in [0.15, 0.2) is 0 Å². The molecule has 2 fully saturated rings. The van der Waals surface area contributed by atoms with Gasteiger partial charge < -0.3 is 19.9 Å². The number of rotatable bonds is 6. The molecule has 2 aromatic carbocycles. The fourth-order valence-electron chi connectivity index (χ4n) is 5.36. The van der Waals surface area contributed by atoms with Gasteiger partial charge in [0.05, 0.1) is 27.2 Å². The van der Waals surface area contributed by atoms with Gasteiger partial charge in [-0.05, 0) is 80.6 Å². The molecule has 190 valence electrons. The van der Waals surface area contributed by atoms with Gasteiger partial charge in [-0.1, -0.05) is 41.4 Å². The molecule has 5 rings (SSSR count). The number of hydrogen-bond acceptors (Lipinski definition) is 4. The van der Waals surface area contributed by atoms with Gasteiger partial charge in [-0.3, -0.25) is 4.79 Å². The summed E-state index contributed by atoms with van der Waals surface area (Å²) in [5, 5.41) is 11.9. The van der Waals surface area contributed by atoms with Crippen LogP contribution >= 0.6 is 23.2 Å². The number of H-pyrrole nitrogens is 1. The van der Waals surface area contributed by atoms with Crippen LogP contribution in [0.1, 0.15) is 43.0 Å². The number of β-amino-alcohol motifs (C(OH)–C–C–N with tert-alkyl or cyclic N) is 1. The summed E-state index contributed by atoms with van der Waals surface area (Å²) in [4.78, 5) is 25.1. The van der Waals surface area contributed by atoms with E-state index in [1.165, 1.54) is 0 Å². The second-order valence-corrected chi connectivity index (χ2v) is 10.8. The third kappa shape index (κ3) is 5.94. The number of aromatic amines is 1. The first-order valence-corrected chi connectivity index (χ1v) is 13.5. The summed E-state index contributed by atoms with van der Waals surface area (Å²) >= 11 is 12.0. The van der Waals surface area contributed by atoms with Crippen LogP contribution in [0.3, 0.4) is 0 Å². The van der Waals surface area contributed by atoms with Crippen molar-refractivity contribution in [3.63, 3.8) is 0 Å². The molecule has 2 aliphatic rings. The van der Waals surface area contributed by atoms with E-state index >= 15 is 0 Å². The lowest BCUT2D eigenvalue weighted by molar-refractivity contribution is -0.128. The summed E-state index contributed by atoms with van der Waals surface area (Å²) in [6.07, 6.45) is 6.72. The molecular weight excluding hydrogens is 495 g/mol. The van der Waals surface area contributed by atoms with E-state index < -0.39 is 0 Å². The van der Waals surface area contributed by atoms with Gasteiger partial charge >= 0.3 is 0 Å². The quantitative estimate of drug-likeness (QED) is 0.424. The minimum Gasteiger partial charge on any atom is -0.392 e. The summed E-state index contributed by atoms with van der Waals surface area (Å²) in [5.41, 5.74) is 2.97. The van der Waals surface area contributed by atoms with E-state index in [9.17, 15) is 9.90 Å². The number of benzene rings is 2. The maximum absolute atomic E-state index is 12.6. The molecule has 1 unspecified atom stereocenters. The summed E-state index contributed by atoms with van der Waals surface area (Å²) in [7, 11) is 0. The number of aliphatic hydroxyl groups is 1. The Kier molecular flexibility index (Phi) is 7.96. The second-order valence-electron chi connectivity index (χ2n) is 9.95. The number of aliphatic hydroxyl groups excluding tert-OH is 1. The van der Waals surface area contributed by atoms with Crippen molar-refractivity contribution in [2.75, 3.05) is 32.7 Å². The third-order valence-corrected chi connectivity index (χ3v) is 8.32. The molecule has 2 N–H and O–H groups in total. The first-order chi connectivity index (χ1) is 17.5. The molecule has 2 aliphatic heterocycles. The first kappa shape index (κ1) is 25.3. The fraction of sp³-hybridized carbons (Fsp3) is 0.429. The molecule has 36 heavy (non-hydrogen) atoms. The summed E-state index contributed by atoms with van der Waals surface area (Å²) < 4.78 is 0. The molecule has 0 saturated carbocycles. The number of amides is 1. The molecule has 1 amide bonds. The van der Waals surface area contributed by atoms with Crippen molar-refractivity contribution in [3.8, 4) is 0 Å². The first-order valence-electron chi connectivity index (χ1n) is 12.7. The average Bonchev–Trinajstić information content (AvgIpc) is 3.34. The monoisotopic (exact) mass is 526 g/mol. The van der Waals surface area contributed by atoms with Crippen LogP contribution in [-0.4, -0.2) is 69.6 Å². The van der Waals surface area contributed by atoms with Crippen molar-refractivity contribution >= 4 is 46.2 Å². The SMILES string of the molecule is O=C(/C=C/c1ccc(Cl)c(Cl)c1)N1CCC(C(O)CN2CCC(c3nc4ccccc4[nH]3)CC2)CC1. The molecule has 1 atom stereocenters. The predicted molar refractivity (Wildman–Crippen MR) is 145 cm³/mol. The Balaban J connectivity index is 1.06. The molecule has 0 radical (unpaired) electrons. The van der Waals surface area contributed by atoms with E-state index in [1.54, 1.807) is 24.3 Å². The summed E-state index contributed by atoms with van der Waals surface area (Å²) in [6.45, 7) is 3.97. The Bertz CT molecular complexity index is 1190. The van der Waals surface area contributed by atoms with E-state index in [0.29, 0.717) is 35.6 Å². The number of nitrogens with one attached hydrogen (secondary N) is 1. The molecule has 3 aromatic rings. The number of aromatic nitrogens is 2. The molecule has 0 aliphatic carbocycles. The highest BCUT2D eigenvalue weighted by Crippen LogP contribution is 2.29. The minimum atomic E-state index is -0.364. The van der Waals surface area contributed by atoms with Crippen molar-refractivity contribution in [2.45, 2.75) is 37.7 Å². The van der Waals surface area contributed by atoms with Crippen molar-refractivity contribution in [2.24, 2.45) is 5.92 Å². The maximum atomic E-state index is 12.6. The van der Waals surface area contributed by atoms with Gasteiger partial charge in [0.25, 0.3) is 0 Å².